The van der Waals surface area contributed by atoms with Crippen LogP contribution in [0.3, 0.4) is 0 Å². The zero-order chi connectivity index (χ0) is 19.4. The largest absolute Gasteiger partial charge is 0.481 e. The van der Waals surface area contributed by atoms with E-state index in [1.807, 2.05) is 6.92 Å². The van der Waals surface area contributed by atoms with Gasteiger partial charge >= 0.3 is 0 Å². The van der Waals surface area contributed by atoms with Crippen molar-refractivity contribution in [2.45, 2.75) is 44.7 Å². The van der Waals surface area contributed by atoms with Crippen LogP contribution in [0.1, 0.15) is 41.6 Å². The zero-order valence-electron chi connectivity index (χ0n) is 15.3. The number of hydrogen-bond donors (Lipinski definition) is 2. The molecule has 2 aromatic rings. The van der Waals surface area contributed by atoms with E-state index in [0.717, 1.165) is 31.2 Å². The van der Waals surface area contributed by atoms with E-state index in [1.165, 1.54) is 0 Å². The summed E-state index contributed by atoms with van der Waals surface area (Å²) in [7, 11) is 1.60. The van der Waals surface area contributed by atoms with Crippen LogP contribution in [0, 0.1) is 6.92 Å². The van der Waals surface area contributed by atoms with E-state index in [1.54, 1.807) is 31.5 Å². The molecule has 1 amide bonds. The van der Waals surface area contributed by atoms with Gasteiger partial charge in [-0.15, -0.1) is 0 Å². The van der Waals surface area contributed by atoms with Gasteiger partial charge in [0.15, 0.2) is 0 Å². The standard InChI is InChI=1S/C19H22Cl2N4O2/c1-11-10-22-19(25-18(11)27-2)24-14-6-4-13(5-7-14)23-17(26)12-3-8-15(20)16(21)9-12/h3,8-10,13-14H,4-7H2,1-2H3,(H,23,26)(H,22,24,25)/t13-,14+. The molecule has 0 bridgehead atoms. The van der Waals surface area contributed by atoms with Gasteiger partial charge in [-0.1, -0.05) is 23.2 Å². The van der Waals surface area contributed by atoms with Gasteiger partial charge in [-0.3, -0.25) is 4.79 Å². The first-order valence-corrected chi connectivity index (χ1v) is 9.62. The first-order valence-electron chi connectivity index (χ1n) is 8.86. The normalized spacial score (nSPS) is 19.4. The molecule has 27 heavy (non-hydrogen) atoms. The van der Waals surface area contributed by atoms with Gasteiger partial charge in [0.05, 0.1) is 17.2 Å². The number of carbonyl (C=O) groups excluding carboxylic acids is 1. The number of anilines is 1. The smallest absolute Gasteiger partial charge is 0.251 e. The van der Waals surface area contributed by atoms with E-state index in [4.69, 9.17) is 27.9 Å². The summed E-state index contributed by atoms with van der Waals surface area (Å²) >= 11 is 11.9. The van der Waals surface area contributed by atoms with Crippen molar-refractivity contribution in [1.82, 2.24) is 15.3 Å². The Labute approximate surface area is 168 Å². The van der Waals surface area contributed by atoms with Gasteiger partial charge in [0.1, 0.15) is 0 Å². The number of nitrogens with zero attached hydrogens (tertiary/aromatic N) is 2. The topological polar surface area (TPSA) is 76.1 Å². The summed E-state index contributed by atoms with van der Waals surface area (Å²) in [6, 6.07) is 5.32. The lowest BCUT2D eigenvalue weighted by Gasteiger charge is -2.29. The highest BCUT2D eigenvalue weighted by molar-refractivity contribution is 6.42. The van der Waals surface area contributed by atoms with Crippen molar-refractivity contribution in [3.05, 3.63) is 45.6 Å². The number of aryl methyl sites for hydroxylation is 1. The molecule has 0 aliphatic heterocycles. The molecule has 1 heterocycles. The van der Waals surface area contributed by atoms with Gasteiger partial charge in [-0.05, 0) is 50.8 Å². The molecule has 144 valence electrons. The fourth-order valence-corrected chi connectivity index (χ4v) is 3.47. The minimum absolute atomic E-state index is 0.128. The number of nitrogens with one attached hydrogen (secondary N) is 2. The molecule has 0 radical (unpaired) electrons. The Kier molecular flexibility index (Phi) is 6.39. The van der Waals surface area contributed by atoms with Crippen molar-refractivity contribution >= 4 is 35.1 Å². The Hall–Kier alpha value is -2.05. The molecule has 1 saturated carbocycles. The number of hydrogen-bond acceptors (Lipinski definition) is 5. The number of amides is 1. The quantitative estimate of drug-likeness (QED) is 0.772. The van der Waals surface area contributed by atoms with Gasteiger partial charge < -0.3 is 15.4 Å². The minimum Gasteiger partial charge on any atom is -0.481 e. The number of ether oxygens (including phenoxy) is 1. The first-order chi connectivity index (χ1) is 13.0. The van der Waals surface area contributed by atoms with Crippen molar-refractivity contribution in [3.63, 3.8) is 0 Å². The predicted molar refractivity (Wildman–Crippen MR) is 107 cm³/mol. The van der Waals surface area contributed by atoms with E-state index in [-0.39, 0.29) is 18.0 Å². The van der Waals surface area contributed by atoms with Crippen LogP contribution in [-0.4, -0.2) is 35.1 Å². The molecule has 1 aromatic carbocycles. The number of benzene rings is 1. The van der Waals surface area contributed by atoms with Crippen LogP contribution in [0.5, 0.6) is 5.88 Å². The van der Waals surface area contributed by atoms with Crippen molar-refractivity contribution in [3.8, 4) is 5.88 Å². The van der Waals surface area contributed by atoms with Crippen LogP contribution in [0.2, 0.25) is 10.0 Å². The third kappa shape index (κ3) is 5.02. The number of methoxy groups -OCH3 is 1. The van der Waals surface area contributed by atoms with Crippen molar-refractivity contribution < 1.29 is 9.53 Å². The number of carbonyl (C=O) groups is 1. The average Bonchev–Trinajstić information content (AvgIpc) is 2.67. The summed E-state index contributed by atoms with van der Waals surface area (Å²) in [5.41, 5.74) is 1.42. The molecule has 1 aliphatic carbocycles. The molecule has 1 fully saturated rings. The Morgan fingerprint density at radius 3 is 2.52 bits per heavy atom. The van der Waals surface area contributed by atoms with Crippen LogP contribution in [0.25, 0.3) is 0 Å². The van der Waals surface area contributed by atoms with Crippen molar-refractivity contribution in [2.75, 3.05) is 12.4 Å². The molecular formula is C19H22Cl2N4O2. The summed E-state index contributed by atoms with van der Waals surface area (Å²) in [5.74, 6) is 1.02. The molecule has 0 saturated heterocycles. The maximum absolute atomic E-state index is 12.4. The van der Waals surface area contributed by atoms with Gasteiger partial charge in [-0.25, -0.2) is 4.98 Å². The van der Waals surface area contributed by atoms with E-state index in [0.29, 0.717) is 27.4 Å². The van der Waals surface area contributed by atoms with Crippen LogP contribution < -0.4 is 15.4 Å². The summed E-state index contributed by atoms with van der Waals surface area (Å²) < 4.78 is 5.24. The first kappa shape index (κ1) is 19.7. The van der Waals surface area contributed by atoms with Gasteiger partial charge in [-0.2, -0.15) is 4.98 Å². The Balaban J connectivity index is 1.51. The van der Waals surface area contributed by atoms with Crippen LogP contribution in [-0.2, 0) is 0 Å². The number of halogens is 2. The second-order valence-corrected chi connectivity index (χ2v) is 7.50. The highest BCUT2D eigenvalue weighted by Crippen LogP contribution is 2.25. The molecule has 0 unspecified atom stereocenters. The Morgan fingerprint density at radius 2 is 1.85 bits per heavy atom. The third-order valence-electron chi connectivity index (χ3n) is 4.70. The van der Waals surface area contributed by atoms with Crippen LogP contribution >= 0.6 is 23.2 Å². The maximum Gasteiger partial charge on any atom is 0.251 e. The summed E-state index contributed by atoms with van der Waals surface area (Å²) in [6.07, 6.45) is 5.36. The van der Waals surface area contributed by atoms with E-state index >= 15 is 0 Å². The molecule has 1 aliphatic rings. The summed E-state index contributed by atoms with van der Waals surface area (Å²) in [5, 5.41) is 7.25. The van der Waals surface area contributed by atoms with E-state index < -0.39 is 0 Å². The van der Waals surface area contributed by atoms with Gasteiger partial charge in [0, 0.05) is 29.4 Å². The van der Waals surface area contributed by atoms with E-state index in [9.17, 15) is 4.79 Å². The van der Waals surface area contributed by atoms with Crippen molar-refractivity contribution in [2.24, 2.45) is 0 Å². The highest BCUT2D eigenvalue weighted by atomic mass is 35.5. The molecule has 2 N–H and O–H groups in total. The fourth-order valence-electron chi connectivity index (χ4n) is 3.17. The van der Waals surface area contributed by atoms with Gasteiger partial charge in [0.2, 0.25) is 11.8 Å². The molecule has 3 rings (SSSR count). The molecular weight excluding hydrogens is 387 g/mol. The summed E-state index contributed by atoms with van der Waals surface area (Å²) in [4.78, 5) is 21.1. The number of rotatable bonds is 5. The number of aromatic nitrogens is 2. The average molecular weight is 409 g/mol. The second-order valence-electron chi connectivity index (χ2n) is 6.68. The van der Waals surface area contributed by atoms with Crippen molar-refractivity contribution in [1.29, 1.82) is 0 Å². The highest BCUT2D eigenvalue weighted by Gasteiger charge is 2.23. The van der Waals surface area contributed by atoms with Crippen LogP contribution in [0.15, 0.2) is 24.4 Å². The maximum atomic E-state index is 12.4. The molecule has 0 atom stereocenters. The fraction of sp³-hybridized carbons (Fsp3) is 0.421. The summed E-state index contributed by atoms with van der Waals surface area (Å²) in [6.45, 7) is 1.91. The lowest BCUT2D eigenvalue weighted by molar-refractivity contribution is 0.0926. The molecule has 6 nitrogen and oxygen atoms in total. The lowest BCUT2D eigenvalue weighted by atomic mass is 9.91. The monoisotopic (exact) mass is 408 g/mol. The third-order valence-corrected chi connectivity index (χ3v) is 5.44. The Bertz CT molecular complexity index is 823. The molecule has 1 aromatic heterocycles. The van der Waals surface area contributed by atoms with Crippen LogP contribution in [0.4, 0.5) is 5.95 Å². The second kappa shape index (κ2) is 8.76. The SMILES string of the molecule is COc1nc(N[C@H]2CC[C@@H](NC(=O)c3ccc(Cl)c(Cl)c3)CC2)ncc1C. The molecule has 0 spiro atoms. The van der Waals surface area contributed by atoms with E-state index in [2.05, 4.69) is 20.6 Å². The lowest BCUT2D eigenvalue weighted by Crippen LogP contribution is -2.40. The minimum atomic E-state index is -0.128. The molecule has 8 heteroatoms. The Morgan fingerprint density at radius 1 is 1.15 bits per heavy atom. The zero-order valence-corrected chi connectivity index (χ0v) is 16.8. The predicted octanol–water partition coefficient (Wildman–Crippen LogP) is 4.25. The van der Waals surface area contributed by atoms with Gasteiger partial charge in [0.25, 0.3) is 5.91 Å².